The number of hydrogen-bond donors (Lipinski definition) is 1. The Kier molecular flexibility index (Phi) is 3.11. The zero-order valence-corrected chi connectivity index (χ0v) is 12.4. The smallest absolute Gasteiger partial charge is 0.110 e. The van der Waals surface area contributed by atoms with Gasteiger partial charge in [0, 0.05) is 10.3 Å². The van der Waals surface area contributed by atoms with Crippen LogP contribution in [-0.4, -0.2) is 4.98 Å². The lowest BCUT2D eigenvalue weighted by Gasteiger charge is -2.39. The molecule has 1 aliphatic carbocycles. The Balaban J connectivity index is 2.43. The first-order valence-electron chi connectivity index (χ1n) is 6.51. The van der Waals surface area contributed by atoms with Crippen LogP contribution in [0.1, 0.15) is 69.1 Å². The Morgan fingerprint density at radius 3 is 2.59 bits per heavy atom. The lowest BCUT2D eigenvalue weighted by molar-refractivity contribution is 0.232. The molecule has 0 bridgehead atoms. The molecule has 0 amide bonds. The molecule has 2 nitrogen and oxygen atoms in total. The van der Waals surface area contributed by atoms with E-state index in [4.69, 9.17) is 10.7 Å². The predicted octanol–water partition coefficient (Wildman–Crippen LogP) is 3.80. The van der Waals surface area contributed by atoms with E-state index in [1.54, 1.807) is 0 Å². The quantitative estimate of drug-likeness (QED) is 0.869. The molecule has 0 radical (unpaired) electrons. The first kappa shape index (κ1) is 13.0. The summed E-state index contributed by atoms with van der Waals surface area (Å²) in [7, 11) is 0. The molecule has 0 aromatic carbocycles. The van der Waals surface area contributed by atoms with Gasteiger partial charge in [0.2, 0.25) is 0 Å². The van der Waals surface area contributed by atoms with Crippen molar-refractivity contribution in [2.45, 2.75) is 65.3 Å². The number of thiazole rings is 1. The number of aromatic nitrogens is 1. The molecule has 1 aromatic heterocycles. The minimum Gasteiger partial charge on any atom is -0.322 e. The van der Waals surface area contributed by atoms with Gasteiger partial charge in [-0.25, -0.2) is 4.98 Å². The average Bonchev–Trinajstić information content (AvgIpc) is 2.57. The Morgan fingerprint density at radius 1 is 1.35 bits per heavy atom. The second-order valence-corrected chi connectivity index (χ2v) is 7.77. The second-order valence-electron chi connectivity index (χ2n) is 6.74. The maximum atomic E-state index is 6.11. The topological polar surface area (TPSA) is 38.9 Å². The maximum Gasteiger partial charge on any atom is 0.110 e. The van der Waals surface area contributed by atoms with Gasteiger partial charge in [0.25, 0.3) is 0 Å². The van der Waals surface area contributed by atoms with Gasteiger partial charge in [-0.15, -0.1) is 11.3 Å². The van der Waals surface area contributed by atoms with Crippen molar-refractivity contribution in [2.24, 2.45) is 11.1 Å². The van der Waals surface area contributed by atoms with Crippen LogP contribution < -0.4 is 5.73 Å². The van der Waals surface area contributed by atoms with Gasteiger partial charge in [-0.1, -0.05) is 34.6 Å². The highest BCUT2D eigenvalue weighted by molar-refractivity contribution is 7.12. The lowest BCUT2D eigenvalue weighted by Crippen LogP contribution is -2.33. The number of fused-ring (bicyclic) bond motifs is 1. The van der Waals surface area contributed by atoms with E-state index < -0.39 is 0 Å². The zero-order chi connectivity index (χ0) is 12.8. The summed E-state index contributed by atoms with van der Waals surface area (Å²) in [6, 6.07) is 0.115. The molecule has 3 heteroatoms. The van der Waals surface area contributed by atoms with Crippen LogP contribution in [0.3, 0.4) is 0 Å². The fourth-order valence-corrected chi connectivity index (χ4v) is 4.41. The third-order valence-corrected chi connectivity index (χ3v) is 5.25. The Bertz CT molecular complexity index is 418. The first-order valence-corrected chi connectivity index (χ1v) is 7.32. The molecule has 1 unspecified atom stereocenters. The van der Waals surface area contributed by atoms with E-state index in [1.807, 2.05) is 11.3 Å². The summed E-state index contributed by atoms with van der Waals surface area (Å²) in [5.41, 5.74) is 8.02. The minimum absolute atomic E-state index is 0.115. The van der Waals surface area contributed by atoms with Gasteiger partial charge in [-0.3, -0.25) is 0 Å². The van der Waals surface area contributed by atoms with Gasteiger partial charge < -0.3 is 5.73 Å². The van der Waals surface area contributed by atoms with Crippen molar-refractivity contribution in [3.63, 3.8) is 0 Å². The lowest BCUT2D eigenvalue weighted by atomic mass is 9.67. The third kappa shape index (κ3) is 2.41. The molecule has 1 heterocycles. The molecule has 0 saturated heterocycles. The Labute approximate surface area is 109 Å². The molecule has 1 atom stereocenters. The van der Waals surface area contributed by atoms with Crippen molar-refractivity contribution in [3.8, 4) is 0 Å². The van der Waals surface area contributed by atoms with E-state index in [-0.39, 0.29) is 11.5 Å². The summed E-state index contributed by atoms with van der Waals surface area (Å²) < 4.78 is 0. The fourth-order valence-electron chi connectivity index (χ4n) is 3.14. The van der Waals surface area contributed by atoms with E-state index in [0.29, 0.717) is 5.41 Å². The highest BCUT2D eigenvalue weighted by Gasteiger charge is 2.40. The highest BCUT2D eigenvalue weighted by atomic mass is 32.1. The summed E-state index contributed by atoms with van der Waals surface area (Å²) in [6.07, 6.45) is 3.30. The van der Waals surface area contributed by atoms with E-state index in [9.17, 15) is 0 Å². The molecule has 2 rings (SSSR count). The van der Waals surface area contributed by atoms with Crippen molar-refractivity contribution in [1.82, 2.24) is 4.98 Å². The molecule has 1 aliphatic rings. The molecule has 0 saturated carbocycles. The monoisotopic (exact) mass is 252 g/mol. The molecular formula is C14H24N2S. The van der Waals surface area contributed by atoms with Crippen molar-refractivity contribution in [3.05, 3.63) is 15.6 Å². The van der Waals surface area contributed by atoms with Crippen molar-refractivity contribution >= 4 is 11.3 Å². The number of hydrogen-bond acceptors (Lipinski definition) is 3. The number of rotatable bonds is 2. The van der Waals surface area contributed by atoms with Crippen LogP contribution in [0.4, 0.5) is 0 Å². The van der Waals surface area contributed by atoms with Gasteiger partial charge >= 0.3 is 0 Å². The van der Waals surface area contributed by atoms with Gasteiger partial charge in [0.1, 0.15) is 5.01 Å². The zero-order valence-electron chi connectivity index (χ0n) is 11.6. The molecule has 0 fully saturated rings. The number of nitrogens with zero attached hydrogens (tertiary/aromatic N) is 1. The molecule has 0 aliphatic heterocycles. The predicted molar refractivity (Wildman–Crippen MR) is 74.5 cm³/mol. The SMILES string of the molecule is CCC(N)c1nc2c(s1)C(C)(C)CC(C)(C)C2. The van der Waals surface area contributed by atoms with Gasteiger partial charge in [-0.2, -0.15) is 0 Å². The van der Waals surface area contributed by atoms with Gasteiger partial charge in [-0.05, 0) is 24.7 Å². The summed E-state index contributed by atoms with van der Waals surface area (Å²) in [5, 5.41) is 1.13. The standard InChI is InChI=1S/C14H24N2S/c1-6-9(15)12-16-10-7-13(2,3)8-14(4,5)11(10)17-12/h9H,6-8,15H2,1-5H3. The van der Waals surface area contributed by atoms with Crippen molar-refractivity contribution in [1.29, 1.82) is 0 Å². The number of nitrogens with two attached hydrogens (primary N) is 1. The molecule has 2 N–H and O–H groups in total. The highest BCUT2D eigenvalue weighted by Crippen LogP contribution is 2.48. The Morgan fingerprint density at radius 2 is 2.00 bits per heavy atom. The van der Waals surface area contributed by atoms with E-state index in [0.717, 1.165) is 17.8 Å². The molecular weight excluding hydrogens is 228 g/mol. The normalized spacial score (nSPS) is 23.2. The van der Waals surface area contributed by atoms with E-state index in [2.05, 4.69) is 34.6 Å². The summed E-state index contributed by atoms with van der Waals surface area (Å²) >= 11 is 1.84. The van der Waals surface area contributed by atoms with Crippen LogP contribution in [0, 0.1) is 5.41 Å². The van der Waals surface area contributed by atoms with E-state index >= 15 is 0 Å². The fraction of sp³-hybridized carbons (Fsp3) is 0.786. The van der Waals surface area contributed by atoms with Crippen LogP contribution in [0.25, 0.3) is 0 Å². The average molecular weight is 252 g/mol. The van der Waals surface area contributed by atoms with Crippen LogP contribution in [0.2, 0.25) is 0 Å². The van der Waals surface area contributed by atoms with E-state index in [1.165, 1.54) is 17.0 Å². The maximum absolute atomic E-state index is 6.11. The third-order valence-electron chi connectivity index (χ3n) is 3.65. The Hall–Kier alpha value is -0.410. The first-order chi connectivity index (χ1) is 7.75. The largest absolute Gasteiger partial charge is 0.322 e. The molecule has 17 heavy (non-hydrogen) atoms. The summed E-state index contributed by atoms with van der Waals surface area (Å²) in [6.45, 7) is 11.5. The summed E-state index contributed by atoms with van der Waals surface area (Å²) in [5.74, 6) is 0. The second kappa shape index (κ2) is 4.06. The van der Waals surface area contributed by atoms with Crippen molar-refractivity contribution in [2.75, 3.05) is 0 Å². The van der Waals surface area contributed by atoms with Crippen LogP contribution in [0.15, 0.2) is 0 Å². The van der Waals surface area contributed by atoms with Crippen LogP contribution >= 0.6 is 11.3 Å². The molecule has 96 valence electrons. The van der Waals surface area contributed by atoms with Crippen LogP contribution in [0.5, 0.6) is 0 Å². The summed E-state index contributed by atoms with van der Waals surface area (Å²) in [4.78, 5) is 6.27. The van der Waals surface area contributed by atoms with Gasteiger partial charge in [0.05, 0.1) is 11.7 Å². The van der Waals surface area contributed by atoms with Crippen molar-refractivity contribution < 1.29 is 0 Å². The molecule has 1 aromatic rings. The van der Waals surface area contributed by atoms with Gasteiger partial charge in [0.15, 0.2) is 0 Å². The van der Waals surface area contributed by atoms with Crippen LogP contribution in [-0.2, 0) is 11.8 Å². The minimum atomic E-state index is 0.115. The molecule has 0 spiro atoms.